The number of hydrogen-bond donors (Lipinski definition) is 3. The van der Waals surface area contributed by atoms with Crippen LogP contribution in [0.15, 0.2) is 22.7 Å². The van der Waals surface area contributed by atoms with Gasteiger partial charge in [-0.2, -0.15) is 0 Å². The molecular weight excluding hydrogens is 384 g/mol. The molecule has 1 aliphatic heterocycles. The molecule has 0 amide bonds. The predicted molar refractivity (Wildman–Crippen MR) is 99.0 cm³/mol. The number of aliphatic hydroxyl groups is 1. The van der Waals surface area contributed by atoms with Crippen LogP contribution in [0.3, 0.4) is 0 Å². The number of tetrazole rings is 1. The zero-order valence-electron chi connectivity index (χ0n) is 14.6. The molecule has 1 aromatic carbocycles. The van der Waals surface area contributed by atoms with Gasteiger partial charge in [0, 0.05) is 21.8 Å². The minimum atomic E-state index is -0.617. The topological polar surface area (TPSA) is 87.9 Å². The first-order valence-electron chi connectivity index (χ1n) is 8.62. The van der Waals surface area contributed by atoms with Crippen LogP contribution in [0.5, 0.6) is 0 Å². The summed E-state index contributed by atoms with van der Waals surface area (Å²) in [6.45, 7) is 6.18. The first kappa shape index (κ1) is 16.9. The number of fused-ring (bicyclic) bond motifs is 1. The van der Waals surface area contributed by atoms with Crippen molar-refractivity contribution in [3.8, 4) is 11.4 Å². The number of nitrogens with one attached hydrogen (secondary N) is 2. The lowest BCUT2D eigenvalue weighted by Gasteiger charge is -2.23. The zero-order valence-corrected chi connectivity index (χ0v) is 16.2. The van der Waals surface area contributed by atoms with Crippen LogP contribution in [0.4, 0.5) is 5.69 Å². The highest BCUT2D eigenvalue weighted by molar-refractivity contribution is 9.10. The largest absolute Gasteiger partial charge is 0.372 e. The average molecular weight is 407 g/mol. The van der Waals surface area contributed by atoms with E-state index in [1.165, 1.54) is 6.42 Å². The summed E-state index contributed by atoms with van der Waals surface area (Å²) in [7, 11) is 0. The van der Waals surface area contributed by atoms with Crippen molar-refractivity contribution in [1.29, 1.82) is 0 Å². The summed E-state index contributed by atoms with van der Waals surface area (Å²) < 4.78 is 2.71. The third-order valence-corrected chi connectivity index (χ3v) is 5.32. The van der Waals surface area contributed by atoms with Crippen molar-refractivity contribution in [2.45, 2.75) is 57.5 Å². The second-order valence-electron chi connectivity index (χ2n) is 8.01. The molecule has 2 aliphatic rings. The van der Waals surface area contributed by atoms with Crippen LogP contribution in [0.2, 0.25) is 0 Å². The normalized spacial score (nSPS) is 26.4. The number of nitrogens with zero attached hydrogens (tertiary/aromatic N) is 4. The van der Waals surface area contributed by atoms with Crippen molar-refractivity contribution in [2.75, 3.05) is 5.32 Å². The summed E-state index contributed by atoms with van der Waals surface area (Å²) >= 11 is 3.55. The van der Waals surface area contributed by atoms with E-state index in [4.69, 9.17) is 0 Å². The van der Waals surface area contributed by atoms with E-state index in [9.17, 15) is 5.11 Å². The van der Waals surface area contributed by atoms with E-state index in [1.54, 1.807) is 4.68 Å². The molecule has 7 nitrogen and oxygen atoms in total. The smallest absolute Gasteiger partial charge is 0.182 e. The molecule has 1 saturated carbocycles. The van der Waals surface area contributed by atoms with Gasteiger partial charge in [0.25, 0.3) is 0 Å². The first-order chi connectivity index (χ1) is 11.8. The molecular formula is C17H23BrN6O. The fourth-order valence-electron chi connectivity index (χ4n) is 3.49. The lowest BCUT2D eigenvalue weighted by molar-refractivity contribution is 0.156. The quantitative estimate of drug-likeness (QED) is 0.675. The van der Waals surface area contributed by atoms with Crippen molar-refractivity contribution in [2.24, 2.45) is 5.92 Å². The minimum Gasteiger partial charge on any atom is -0.372 e. The third kappa shape index (κ3) is 3.43. The molecule has 2 aromatic rings. The first-order valence-corrected chi connectivity index (χ1v) is 9.41. The van der Waals surface area contributed by atoms with Crippen LogP contribution >= 0.6 is 15.9 Å². The summed E-state index contributed by atoms with van der Waals surface area (Å²) in [5, 5.41) is 29.3. The summed E-state index contributed by atoms with van der Waals surface area (Å²) in [4.78, 5) is 0. The van der Waals surface area contributed by atoms with E-state index in [0.717, 1.165) is 28.1 Å². The molecule has 2 fully saturated rings. The monoisotopic (exact) mass is 406 g/mol. The maximum atomic E-state index is 10.5. The number of piperidine rings is 1. The lowest BCUT2D eigenvalue weighted by Crippen LogP contribution is -2.42. The average Bonchev–Trinajstić information content (AvgIpc) is 2.97. The highest BCUT2D eigenvalue weighted by Gasteiger charge is 2.47. The van der Waals surface area contributed by atoms with Gasteiger partial charge < -0.3 is 15.7 Å². The van der Waals surface area contributed by atoms with Gasteiger partial charge in [-0.15, -0.1) is 5.10 Å². The van der Waals surface area contributed by atoms with Gasteiger partial charge in [0.1, 0.15) is 6.23 Å². The SMILES string of the molecule is CC(C)(C)n1nnnc1-c1cc(Br)cc(NC(O)[C@@H]2C[C@H]3C[C@H]3N2)c1. The van der Waals surface area contributed by atoms with Gasteiger partial charge >= 0.3 is 0 Å². The highest BCUT2D eigenvalue weighted by atomic mass is 79.9. The van der Waals surface area contributed by atoms with Crippen LogP contribution < -0.4 is 10.6 Å². The Hall–Kier alpha value is -1.51. The molecule has 25 heavy (non-hydrogen) atoms. The fraction of sp³-hybridized carbons (Fsp3) is 0.588. The predicted octanol–water partition coefficient (Wildman–Crippen LogP) is 2.34. The van der Waals surface area contributed by atoms with Gasteiger partial charge in [0.2, 0.25) is 0 Å². The molecule has 3 N–H and O–H groups in total. The van der Waals surface area contributed by atoms with Crippen LogP contribution in [0.25, 0.3) is 11.4 Å². The van der Waals surface area contributed by atoms with E-state index in [1.807, 2.05) is 18.2 Å². The van der Waals surface area contributed by atoms with E-state index >= 15 is 0 Å². The maximum Gasteiger partial charge on any atom is 0.182 e. The summed E-state index contributed by atoms with van der Waals surface area (Å²) in [6.07, 6.45) is 1.66. The third-order valence-electron chi connectivity index (χ3n) is 4.86. The van der Waals surface area contributed by atoms with Gasteiger partial charge in [0.15, 0.2) is 5.82 Å². The Balaban J connectivity index is 1.57. The number of halogens is 1. The van der Waals surface area contributed by atoms with Gasteiger partial charge in [-0.3, -0.25) is 0 Å². The van der Waals surface area contributed by atoms with Crippen LogP contribution in [0.1, 0.15) is 33.6 Å². The van der Waals surface area contributed by atoms with Gasteiger partial charge in [-0.25, -0.2) is 4.68 Å². The van der Waals surface area contributed by atoms with Crippen molar-refractivity contribution in [3.05, 3.63) is 22.7 Å². The number of rotatable bonds is 4. The van der Waals surface area contributed by atoms with Crippen molar-refractivity contribution < 1.29 is 5.11 Å². The Morgan fingerprint density at radius 3 is 2.80 bits per heavy atom. The van der Waals surface area contributed by atoms with E-state index in [2.05, 4.69) is 62.9 Å². The molecule has 0 bridgehead atoms. The van der Waals surface area contributed by atoms with E-state index < -0.39 is 6.23 Å². The van der Waals surface area contributed by atoms with Crippen LogP contribution in [-0.4, -0.2) is 43.6 Å². The van der Waals surface area contributed by atoms with Crippen molar-refractivity contribution in [1.82, 2.24) is 25.5 Å². The molecule has 1 saturated heterocycles. The molecule has 2 heterocycles. The van der Waals surface area contributed by atoms with Crippen LogP contribution in [-0.2, 0) is 5.54 Å². The Morgan fingerprint density at radius 2 is 2.12 bits per heavy atom. The summed E-state index contributed by atoms with van der Waals surface area (Å²) in [6, 6.07) is 6.61. The minimum absolute atomic E-state index is 0.103. The Morgan fingerprint density at radius 1 is 1.32 bits per heavy atom. The van der Waals surface area contributed by atoms with Gasteiger partial charge in [-0.05, 0) is 68.2 Å². The van der Waals surface area contributed by atoms with Gasteiger partial charge in [-0.1, -0.05) is 15.9 Å². The number of aromatic nitrogens is 4. The van der Waals surface area contributed by atoms with Crippen molar-refractivity contribution in [3.63, 3.8) is 0 Å². The number of anilines is 1. The Bertz CT molecular complexity index is 776. The summed E-state index contributed by atoms with van der Waals surface area (Å²) in [5.41, 5.74) is 1.51. The number of benzene rings is 1. The van der Waals surface area contributed by atoms with E-state index in [0.29, 0.717) is 11.9 Å². The molecule has 0 spiro atoms. The second kappa shape index (κ2) is 6.03. The maximum absolute atomic E-state index is 10.5. The molecule has 134 valence electrons. The molecule has 1 unspecified atom stereocenters. The molecule has 0 radical (unpaired) electrons. The Kier molecular flexibility index (Phi) is 4.09. The van der Waals surface area contributed by atoms with Crippen molar-refractivity contribution >= 4 is 21.6 Å². The van der Waals surface area contributed by atoms with E-state index in [-0.39, 0.29) is 11.6 Å². The lowest BCUT2D eigenvalue weighted by atomic mass is 10.1. The second-order valence-corrected chi connectivity index (χ2v) is 8.93. The zero-order chi connectivity index (χ0) is 17.8. The Labute approximate surface area is 155 Å². The molecule has 8 heteroatoms. The molecule has 1 aliphatic carbocycles. The molecule has 4 atom stereocenters. The number of hydrogen-bond acceptors (Lipinski definition) is 6. The van der Waals surface area contributed by atoms with Gasteiger partial charge in [0.05, 0.1) is 11.6 Å². The van der Waals surface area contributed by atoms with Crippen LogP contribution in [0, 0.1) is 5.92 Å². The fourth-order valence-corrected chi connectivity index (χ4v) is 3.99. The summed E-state index contributed by atoms with van der Waals surface area (Å²) in [5.74, 6) is 1.45. The highest BCUT2D eigenvalue weighted by Crippen LogP contribution is 2.41. The number of aliphatic hydroxyl groups excluding tert-OH is 1. The molecule has 4 rings (SSSR count). The standard InChI is InChI=1S/C17H23BrN6O/c1-17(2,3)24-15(21-22-23-24)10-4-11(18)8-12(5-10)19-16(25)14-7-9-6-13(9)20-14/h4-5,8-9,13-14,16,19-20,25H,6-7H2,1-3H3/t9-,13-,14+,16?/m1/s1. The molecule has 1 aromatic heterocycles.